The zero-order valence-electron chi connectivity index (χ0n) is 20.0. The van der Waals surface area contributed by atoms with Gasteiger partial charge in [0.1, 0.15) is 34.1 Å². The van der Waals surface area contributed by atoms with E-state index in [0.717, 1.165) is 65.3 Å². The van der Waals surface area contributed by atoms with Crippen LogP contribution in [0.25, 0.3) is 10.2 Å². The van der Waals surface area contributed by atoms with E-state index in [9.17, 15) is 0 Å². The molecule has 178 valence electrons. The fourth-order valence-corrected chi connectivity index (χ4v) is 5.36. The number of methoxy groups -OCH3 is 1. The average Bonchev–Trinajstić information content (AvgIpc) is 3.40. The normalized spacial score (nSPS) is 15.5. The Hall–Kier alpha value is -3.01. The number of anilines is 1. The fraction of sp³-hybridized carbons (Fsp3) is 0.400. The first-order valence-electron chi connectivity index (χ1n) is 11.5. The minimum Gasteiger partial charge on any atom is -0.497 e. The lowest BCUT2D eigenvalue weighted by Gasteiger charge is -2.26. The number of imidazole rings is 1. The summed E-state index contributed by atoms with van der Waals surface area (Å²) < 4.78 is 12.9. The molecule has 1 unspecified atom stereocenters. The summed E-state index contributed by atoms with van der Waals surface area (Å²) in [5.41, 5.74) is 2.30. The highest BCUT2D eigenvalue weighted by atomic mass is 32.1. The molecule has 1 aliphatic rings. The molecule has 0 spiro atoms. The lowest BCUT2D eigenvalue weighted by Crippen LogP contribution is -2.36. The zero-order chi connectivity index (χ0) is 23.7. The van der Waals surface area contributed by atoms with Crippen LogP contribution in [0.3, 0.4) is 0 Å². The Morgan fingerprint density at radius 3 is 2.59 bits per heavy atom. The molecule has 5 rings (SSSR count). The molecule has 0 radical (unpaired) electrons. The molecule has 4 heterocycles. The number of fused-ring (bicyclic) bond motifs is 1. The van der Waals surface area contributed by atoms with Gasteiger partial charge in [0.15, 0.2) is 0 Å². The third-order valence-electron chi connectivity index (χ3n) is 6.39. The van der Waals surface area contributed by atoms with E-state index in [0.29, 0.717) is 6.54 Å². The molecule has 0 aliphatic carbocycles. The monoisotopic (exact) mass is 478 g/mol. The maximum absolute atomic E-state index is 5.51. The SMILES string of the molecule is COc1ccc(C(Nc2nc(CN3CCOCC3)nc3sc(C)c(C)c23)c2nccn2C)cc1. The molecule has 0 saturated carbocycles. The highest BCUT2D eigenvalue weighted by molar-refractivity contribution is 7.18. The Balaban J connectivity index is 1.57. The molecule has 1 aromatic carbocycles. The smallest absolute Gasteiger partial charge is 0.146 e. The van der Waals surface area contributed by atoms with Crippen molar-refractivity contribution in [3.05, 3.63) is 64.3 Å². The van der Waals surface area contributed by atoms with E-state index in [1.807, 2.05) is 36.1 Å². The van der Waals surface area contributed by atoms with Crippen molar-refractivity contribution in [2.75, 3.05) is 38.7 Å². The Bertz CT molecular complexity index is 1280. The predicted molar refractivity (Wildman–Crippen MR) is 135 cm³/mol. The van der Waals surface area contributed by atoms with Crippen LogP contribution in [0.5, 0.6) is 5.75 Å². The van der Waals surface area contributed by atoms with Crippen LogP contribution < -0.4 is 10.1 Å². The number of morpholine rings is 1. The van der Waals surface area contributed by atoms with Crippen molar-refractivity contribution < 1.29 is 9.47 Å². The maximum Gasteiger partial charge on any atom is 0.146 e. The fourth-order valence-electron chi connectivity index (χ4n) is 4.31. The van der Waals surface area contributed by atoms with E-state index in [-0.39, 0.29) is 6.04 Å². The van der Waals surface area contributed by atoms with Gasteiger partial charge in [-0.15, -0.1) is 11.3 Å². The molecule has 1 atom stereocenters. The third kappa shape index (κ3) is 4.51. The van der Waals surface area contributed by atoms with Crippen LogP contribution in [0.1, 0.15) is 33.7 Å². The molecule has 0 bridgehead atoms. The first-order chi connectivity index (χ1) is 16.5. The largest absolute Gasteiger partial charge is 0.497 e. The lowest BCUT2D eigenvalue weighted by atomic mass is 10.1. The first kappa shape index (κ1) is 22.8. The summed E-state index contributed by atoms with van der Waals surface area (Å²) in [5.74, 6) is 3.41. The molecule has 1 N–H and O–H groups in total. The second kappa shape index (κ2) is 9.69. The van der Waals surface area contributed by atoms with Gasteiger partial charge in [0, 0.05) is 37.4 Å². The van der Waals surface area contributed by atoms with Crippen molar-refractivity contribution in [3.8, 4) is 5.75 Å². The van der Waals surface area contributed by atoms with E-state index in [1.165, 1.54) is 10.4 Å². The quantitative estimate of drug-likeness (QED) is 0.429. The van der Waals surface area contributed by atoms with E-state index < -0.39 is 0 Å². The highest BCUT2D eigenvalue weighted by Gasteiger charge is 2.23. The minimum absolute atomic E-state index is 0.181. The van der Waals surface area contributed by atoms with Crippen LogP contribution in [-0.4, -0.2) is 57.8 Å². The molecule has 0 amide bonds. The van der Waals surface area contributed by atoms with Gasteiger partial charge in [-0.1, -0.05) is 12.1 Å². The number of nitrogens with one attached hydrogen (secondary N) is 1. The summed E-state index contributed by atoms with van der Waals surface area (Å²) in [5, 5.41) is 4.82. The molecule has 4 aromatic rings. The molecular weight excluding hydrogens is 448 g/mol. The zero-order valence-corrected chi connectivity index (χ0v) is 20.9. The van der Waals surface area contributed by atoms with Crippen molar-refractivity contribution in [1.82, 2.24) is 24.4 Å². The minimum atomic E-state index is -0.181. The first-order valence-corrected chi connectivity index (χ1v) is 12.3. The Morgan fingerprint density at radius 2 is 1.91 bits per heavy atom. The summed E-state index contributed by atoms with van der Waals surface area (Å²) in [6, 6.07) is 7.92. The van der Waals surface area contributed by atoms with Crippen LogP contribution in [0.4, 0.5) is 5.82 Å². The Morgan fingerprint density at radius 1 is 1.15 bits per heavy atom. The summed E-state index contributed by atoms with van der Waals surface area (Å²) in [6.45, 7) is 8.30. The van der Waals surface area contributed by atoms with Gasteiger partial charge < -0.3 is 19.4 Å². The van der Waals surface area contributed by atoms with Gasteiger partial charge in [-0.05, 0) is 37.1 Å². The Kier molecular flexibility index (Phi) is 6.49. The van der Waals surface area contributed by atoms with Crippen molar-refractivity contribution in [2.45, 2.75) is 26.4 Å². The van der Waals surface area contributed by atoms with Gasteiger partial charge in [0.05, 0.1) is 32.3 Å². The van der Waals surface area contributed by atoms with Crippen molar-refractivity contribution >= 4 is 27.4 Å². The predicted octanol–water partition coefficient (Wildman–Crippen LogP) is 4.08. The van der Waals surface area contributed by atoms with Crippen molar-refractivity contribution in [3.63, 3.8) is 0 Å². The van der Waals surface area contributed by atoms with E-state index >= 15 is 0 Å². The second-order valence-corrected chi connectivity index (χ2v) is 9.79. The molecule has 1 saturated heterocycles. The molecule has 34 heavy (non-hydrogen) atoms. The standard InChI is InChI=1S/C25H30N6O2S/c1-16-17(2)34-25-21(16)23(27-20(28-25)15-31-11-13-33-14-12-31)29-22(24-26-9-10-30(24)3)18-5-7-19(32-4)8-6-18/h5-10,22H,11-15H2,1-4H3,(H,27,28,29). The molecule has 1 fully saturated rings. The number of rotatable bonds is 7. The maximum atomic E-state index is 5.51. The molecule has 8 nitrogen and oxygen atoms in total. The number of hydrogen-bond donors (Lipinski definition) is 1. The van der Waals surface area contributed by atoms with E-state index in [2.05, 4.69) is 41.2 Å². The number of benzene rings is 1. The van der Waals surface area contributed by atoms with Gasteiger partial charge in [0.25, 0.3) is 0 Å². The van der Waals surface area contributed by atoms with Gasteiger partial charge in [-0.3, -0.25) is 4.90 Å². The second-order valence-electron chi connectivity index (χ2n) is 8.59. The van der Waals surface area contributed by atoms with Crippen molar-refractivity contribution in [1.29, 1.82) is 0 Å². The van der Waals surface area contributed by atoms with E-state index in [1.54, 1.807) is 18.4 Å². The van der Waals surface area contributed by atoms with Crippen LogP contribution in [-0.2, 0) is 18.3 Å². The van der Waals surface area contributed by atoms with Crippen LogP contribution >= 0.6 is 11.3 Å². The summed E-state index contributed by atoms with van der Waals surface area (Å²) >= 11 is 1.73. The highest BCUT2D eigenvalue weighted by Crippen LogP contribution is 2.36. The number of hydrogen-bond acceptors (Lipinski definition) is 8. The molecular formula is C25H30N6O2S. The molecule has 3 aromatic heterocycles. The van der Waals surface area contributed by atoms with Gasteiger partial charge in [-0.25, -0.2) is 15.0 Å². The van der Waals surface area contributed by atoms with E-state index in [4.69, 9.17) is 19.4 Å². The Labute approximate surface area is 203 Å². The number of nitrogens with zero attached hydrogens (tertiary/aromatic N) is 5. The average molecular weight is 479 g/mol. The topological polar surface area (TPSA) is 77.3 Å². The summed E-state index contributed by atoms with van der Waals surface area (Å²) in [4.78, 5) is 19.3. The number of aromatic nitrogens is 4. The molecule has 9 heteroatoms. The van der Waals surface area contributed by atoms with Crippen LogP contribution in [0.15, 0.2) is 36.7 Å². The van der Waals surface area contributed by atoms with Gasteiger partial charge in [-0.2, -0.15) is 0 Å². The number of aryl methyl sites for hydroxylation is 3. The summed E-state index contributed by atoms with van der Waals surface area (Å²) in [7, 11) is 3.69. The lowest BCUT2D eigenvalue weighted by molar-refractivity contribution is 0.0331. The van der Waals surface area contributed by atoms with Crippen molar-refractivity contribution in [2.24, 2.45) is 7.05 Å². The third-order valence-corrected chi connectivity index (χ3v) is 7.49. The van der Waals surface area contributed by atoms with Gasteiger partial charge in [0.2, 0.25) is 0 Å². The van der Waals surface area contributed by atoms with Gasteiger partial charge >= 0.3 is 0 Å². The van der Waals surface area contributed by atoms with Crippen LogP contribution in [0.2, 0.25) is 0 Å². The molecule has 1 aliphatic heterocycles. The number of thiophene rings is 1. The number of ether oxygens (including phenoxy) is 2. The van der Waals surface area contributed by atoms with Crippen LogP contribution in [0, 0.1) is 13.8 Å². The summed E-state index contributed by atoms with van der Waals surface area (Å²) in [6.07, 6.45) is 3.79.